The Hall–Kier alpha value is -1.96. The number of aromatic carboxylic acids is 1. The van der Waals surface area contributed by atoms with E-state index in [0.717, 1.165) is 12.8 Å². The zero-order chi connectivity index (χ0) is 16.8. The number of nitrogens with one attached hydrogen (secondary N) is 1. The largest absolute Gasteiger partial charge is 0.476 e. The molecule has 2 N–H and O–H groups in total. The number of piperidine rings is 1. The molecular formula is C15H21N3O4S. The van der Waals surface area contributed by atoms with Crippen LogP contribution < -0.4 is 5.32 Å². The van der Waals surface area contributed by atoms with Gasteiger partial charge in [-0.2, -0.15) is 0 Å². The van der Waals surface area contributed by atoms with Gasteiger partial charge in [-0.15, -0.1) is 11.3 Å². The summed E-state index contributed by atoms with van der Waals surface area (Å²) < 4.78 is 0. The van der Waals surface area contributed by atoms with Gasteiger partial charge in [0, 0.05) is 31.3 Å². The predicted molar refractivity (Wildman–Crippen MR) is 85.4 cm³/mol. The fourth-order valence-electron chi connectivity index (χ4n) is 2.64. The van der Waals surface area contributed by atoms with Crippen LogP contribution in [0.4, 0.5) is 0 Å². The Morgan fingerprint density at radius 3 is 2.87 bits per heavy atom. The van der Waals surface area contributed by atoms with E-state index in [-0.39, 0.29) is 23.6 Å². The quantitative estimate of drug-likeness (QED) is 0.813. The maximum absolute atomic E-state index is 12.3. The monoisotopic (exact) mass is 339 g/mol. The molecule has 0 saturated carbocycles. The maximum Gasteiger partial charge on any atom is 0.355 e. The summed E-state index contributed by atoms with van der Waals surface area (Å²) in [7, 11) is 0. The fraction of sp³-hybridized carbons (Fsp3) is 0.600. The van der Waals surface area contributed by atoms with Crippen LogP contribution in [-0.2, 0) is 16.0 Å². The Bertz CT molecular complexity index is 587. The molecule has 23 heavy (non-hydrogen) atoms. The standard InChI is InChI=1S/C15H21N3O4S/c1-2-13(19)18-8-4-3-5-11(18)14(20)16-7-6-12-17-10(9-23-12)15(21)22/h9,11H,2-8H2,1H3,(H,16,20)(H,21,22). The minimum Gasteiger partial charge on any atom is -0.476 e. The van der Waals surface area contributed by atoms with Crippen LogP contribution in [0, 0.1) is 0 Å². The highest BCUT2D eigenvalue weighted by atomic mass is 32.1. The van der Waals surface area contributed by atoms with E-state index < -0.39 is 5.97 Å². The van der Waals surface area contributed by atoms with Gasteiger partial charge in [-0.3, -0.25) is 9.59 Å². The van der Waals surface area contributed by atoms with Crippen molar-refractivity contribution in [1.29, 1.82) is 0 Å². The van der Waals surface area contributed by atoms with Crippen molar-refractivity contribution < 1.29 is 19.5 Å². The van der Waals surface area contributed by atoms with E-state index in [1.807, 2.05) is 0 Å². The molecule has 126 valence electrons. The molecule has 1 fully saturated rings. The summed E-state index contributed by atoms with van der Waals surface area (Å²) in [4.78, 5) is 40.7. The van der Waals surface area contributed by atoms with Crippen LogP contribution in [0.3, 0.4) is 0 Å². The maximum atomic E-state index is 12.3. The molecule has 2 rings (SSSR count). The normalized spacial score (nSPS) is 17.8. The first-order valence-corrected chi connectivity index (χ1v) is 8.65. The van der Waals surface area contributed by atoms with Crippen molar-refractivity contribution in [2.24, 2.45) is 0 Å². The number of carbonyl (C=O) groups is 3. The molecule has 0 bridgehead atoms. The minimum atomic E-state index is -1.05. The Morgan fingerprint density at radius 2 is 2.22 bits per heavy atom. The molecule has 0 spiro atoms. The number of carboxylic acids is 1. The molecule has 0 aliphatic carbocycles. The number of aromatic nitrogens is 1. The van der Waals surface area contributed by atoms with Gasteiger partial charge in [0.15, 0.2) is 5.69 Å². The van der Waals surface area contributed by atoms with Crippen LogP contribution in [0.25, 0.3) is 0 Å². The first kappa shape index (κ1) is 17.4. The zero-order valence-electron chi connectivity index (χ0n) is 13.1. The van der Waals surface area contributed by atoms with E-state index in [4.69, 9.17) is 5.11 Å². The van der Waals surface area contributed by atoms with E-state index >= 15 is 0 Å². The number of carboxylic acid groups (broad SMARTS) is 1. The van der Waals surface area contributed by atoms with Gasteiger partial charge >= 0.3 is 5.97 Å². The van der Waals surface area contributed by atoms with E-state index in [1.54, 1.807) is 11.8 Å². The highest BCUT2D eigenvalue weighted by molar-refractivity contribution is 7.09. The third-order valence-corrected chi connectivity index (χ3v) is 4.75. The average molecular weight is 339 g/mol. The first-order valence-electron chi connectivity index (χ1n) is 7.77. The number of hydrogen-bond donors (Lipinski definition) is 2. The lowest BCUT2D eigenvalue weighted by Crippen LogP contribution is -2.52. The van der Waals surface area contributed by atoms with E-state index in [0.29, 0.717) is 37.4 Å². The first-order chi connectivity index (χ1) is 11.0. The molecule has 1 aromatic rings. The van der Waals surface area contributed by atoms with E-state index in [1.165, 1.54) is 16.7 Å². The van der Waals surface area contributed by atoms with Gasteiger partial charge in [0.1, 0.15) is 6.04 Å². The van der Waals surface area contributed by atoms with Gasteiger partial charge < -0.3 is 15.3 Å². The lowest BCUT2D eigenvalue weighted by molar-refractivity contribution is -0.142. The Balaban J connectivity index is 1.85. The van der Waals surface area contributed by atoms with Gasteiger partial charge in [-0.1, -0.05) is 6.92 Å². The smallest absolute Gasteiger partial charge is 0.355 e. The van der Waals surface area contributed by atoms with Crippen molar-refractivity contribution in [1.82, 2.24) is 15.2 Å². The van der Waals surface area contributed by atoms with Crippen molar-refractivity contribution in [2.75, 3.05) is 13.1 Å². The third kappa shape index (κ3) is 4.51. The van der Waals surface area contributed by atoms with Crippen LogP contribution in [0.15, 0.2) is 5.38 Å². The summed E-state index contributed by atoms with van der Waals surface area (Å²) in [5, 5.41) is 13.8. The van der Waals surface area contributed by atoms with Crippen molar-refractivity contribution in [3.05, 3.63) is 16.1 Å². The predicted octanol–water partition coefficient (Wildman–Crippen LogP) is 1.29. The molecule has 0 radical (unpaired) electrons. The highest BCUT2D eigenvalue weighted by Gasteiger charge is 2.30. The van der Waals surface area contributed by atoms with Gasteiger partial charge in [-0.25, -0.2) is 9.78 Å². The SMILES string of the molecule is CCC(=O)N1CCCCC1C(=O)NCCc1nc(C(=O)O)cs1. The number of rotatable bonds is 6. The lowest BCUT2D eigenvalue weighted by atomic mass is 10.0. The van der Waals surface area contributed by atoms with Crippen LogP contribution in [0.2, 0.25) is 0 Å². The molecular weight excluding hydrogens is 318 g/mol. The molecule has 1 saturated heterocycles. The molecule has 1 aliphatic heterocycles. The number of hydrogen-bond acceptors (Lipinski definition) is 5. The molecule has 1 unspecified atom stereocenters. The fourth-order valence-corrected chi connectivity index (χ4v) is 3.41. The van der Waals surface area contributed by atoms with Gasteiger partial charge in [-0.05, 0) is 19.3 Å². The molecule has 2 heterocycles. The molecule has 1 aromatic heterocycles. The number of nitrogens with zero attached hydrogens (tertiary/aromatic N) is 2. The van der Waals surface area contributed by atoms with Crippen LogP contribution >= 0.6 is 11.3 Å². The topological polar surface area (TPSA) is 99.6 Å². The van der Waals surface area contributed by atoms with Crippen LogP contribution in [0.5, 0.6) is 0 Å². The average Bonchev–Trinajstić information content (AvgIpc) is 3.03. The van der Waals surface area contributed by atoms with Gasteiger partial charge in [0.25, 0.3) is 0 Å². The van der Waals surface area contributed by atoms with Gasteiger partial charge in [0.05, 0.1) is 5.01 Å². The number of amides is 2. The second kappa shape index (κ2) is 8.05. The van der Waals surface area contributed by atoms with Crippen LogP contribution in [-0.4, -0.2) is 51.9 Å². The van der Waals surface area contributed by atoms with Crippen molar-refractivity contribution in [3.63, 3.8) is 0 Å². The molecule has 8 heteroatoms. The summed E-state index contributed by atoms with van der Waals surface area (Å²) in [5.41, 5.74) is 0.0309. The molecule has 1 aliphatic rings. The Morgan fingerprint density at radius 1 is 1.43 bits per heavy atom. The third-order valence-electron chi connectivity index (χ3n) is 3.84. The summed E-state index contributed by atoms with van der Waals surface area (Å²) in [6.45, 7) is 2.82. The second-order valence-corrected chi connectivity index (χ2v) is 6.37. The summed E-state index contributed by atoms with van der Waals surface area (Å²) in [6.07, 6.45) is 3.46. The molecule has 2 amide bonds. The Labute approximate surface area is 138 Å². The molecule has 0 aromatic carbocycles. The van der Waals surface area contributed by atoms with Crippen molar-refractivity contribution in [2.45, 2.75) is 45.1 Å². The van der Waals surface area contributed by atoms with E-state index in [2.05, 4.69) is 10.3 Å². The van der Waals surface area contributed by atoms with Gasteiger partial charge in [0.2, 0.25) is 11.8 Å². The van der Waals surface area contributed by atoms with Crippen molar-refractivity contribution in [3.8, 4) is 0 Å². The van der Waals surface area contributed by atoms with Crippen molar-refractivity contribution >= 4 is 29.1 Å². The molecule has 7 nitrogen and oxygen atoms in total. The molecule has 1 atom stereocenters. The summed E-state index contributed by atoms with van der Waals surface area (Å²) >= 11 is 1.27. The summed E-state index contributed by atoms with van der Waals surface area (Å²) in [5.74, 6) is -1.18. The zero-order valence-corrected chi connectivity index (χ0v) is 13.9. The minimum absolute atomic E-state index is 0.0101. The summed E-state index contributed by atoms with van der Waals surface area (Å²) in [6, 6.07) is -0.387. The number of likely N-dealkylation sites (tertiary alicyclic amines) is 1. The number of carbonyl (C=O) groups excluding carboxylic acids is 2. The highest BCUT2D eigenvalue weighted by Crippen LogP contribution is 2.18. The number of thiazole rings is 1. The van der Waals surface area contributed by atoms with E-state index in [9.17, 15) is 14.4 Å². The Kier molecular flexibility index (Phi) is 6.09. The lowest BCUT2D eigenvalue weighted by Gasteiger charge is -2.34. The second-order valence-electron chi connectivity index (χ2n) is 5.42. The van der Waals surface area contributed by atoms with Crippen LogP contribution in [0.1, 0.15) is 48.1 Å².